The topological polar surface area (TPSA) is 29.1 Å². The molecule has 2 heteroatoms. The van der Waals surface area contributed by atoms with Gasteiger partial charge in [-0.25, -0.2) is 0 Å². The lowest BCUT2D eigenvalue weighted by molar-refractivity contribution is -0.117. The number of hydrogen-bond acceptors (Lipinski definition) is 1. The third-order valence-corrected chi connectivity index (χ3v) is 1.40. The predicted molar refractivity (Wildman–Crippen MR) is 47.3 cm³/mol. The van der Waals surface area contributed by atoms with Crippen LogP contribution in [0, 0.1) is 0 Å². The molecule has 0 aromatic carbocycles. The second-order valence-corrected chi connectivity index (χ2v) is 2.55. The summed E-state index contributed by atoms with van der Waals surface area (Å²) in [4.78, 5) is 11.1. The molecule has 0 radical (unpaired) electrons. The van der Waals surface area contributed by atoms with Crippen LogP contribution in [-0.2, 0) is 4.79 Å². The summed E-state index contributed by atoms with van der Waals surface area (Å²) >= 11 is 0. The van der Waals surface area contributed by atoms with E-state index in [0.717, 1.165) is 25.0 Å². The standard InChI is InChI=1S/C9H17NO/c1-4-6-8(3)9(11)10-7-5-2/h6H,4-5,7H2,1-3H3,(H,10,11)/b8-6+. The van der Waals surface area contributed by atoms with Gasteiger partial charge in [0.15, 0.2) is 0 Å². The summed E-state index contributed by atoms with van der Waals surface area (Å²) in [7, 11) is 0. The summed E-state index contributed by atoms with van der Waals surface area (Å²) < 4.78 is 0. The van der Waals surface area contributed by atoms with Gasteiger partial charge in [0.2, 0.25) is 5.91 Å². The van der Waals surface area contributed by atoms with Crippen LogP contribution in [0.2, 0.25) is 0 Å². The molecule has 0 aliphatic carbocycles. The zero-order valence-corrected chi connectivity index (χ0v) is 7.61. The van der Waals surface area contributed by atoms with Crippen molar-refractivity contribution in [3.63, 3.8) is 0 Å². The SMILES string of the molecule is CC/C=C(\C)C(=O)NCCC. The fraction of sp³-hybridized carbons (Fsp3) is 0.667. The van der Waals surface area contributed by atoms with Crippen LogP contribution in [-0.4, -0.2) is 12.5 Å². The van der Waals surface area contributed by atoms with Gasteiger partial charge in [0.05, 0.1) is 0 Å². The van der Waals surface area contributed by atoms with Crippen LogP contribution in [0.25, 0.3) is 0 Å². The fourth-order valence-electron chi connectivity index (χ4n) is 0.777. The number of amides is 1. The minimum atomic E-state index is 0.0636. The number of hydrogen-bond donors (Lipinski definition) is 1. The Hall–Kier alpha value is -0.790. The van der Waals surface area contributed by atoms with Gasteiger partial charge >= 0.3 is 0 Å². The van der Waals surface area contributed by atoms with E-state index in [2.05, 4.69) is 5.32 Å². The summed E-state index contributed by atoms with van der Waals surface area (Å²) in [5, 5.41) is 2.81. The maximum Gasteiger partial charge on any atom is 0.246 e. The average Bonchev–Trinajstić information content (AvgIpc) is 2.00. The highest BCUT2D eigenvalue weighted by atomic mass is 16.1. The highest BCUT2D eigenvalue weighted by Gasteiger charge is 1.99. The van der Waals surface area contributed by atoms with Crippen molar-refractivity contribution in [1.82, 2.24) is 5.32 Å². The Balaban J connectivity index is 3.73. The van der Waals surface area contributed by atoms with Crippen LogP contribution in [0.3, 0.4) is 0 Å². The summed E-state index contributed by atoms with van der Waals surface area (Å²) in [6.45, 7) is 6.68. The van der Waals surface area contributed by atoms with Crippen molar-refractivity contribution in [3.8, 4) is 0 Å². The summed E-state index contributed by atoms with van der Waals surface area (Å²) in [5.41, 5.74) is 0.820. The van der Waals surface area contributed by atoms with Gasteiger partial charge in [-0.15, -0.1) is 0 Å². The molecule has 0 atom stereocenters. The molecular formula is C9H17NO. The molecule has 11 heavy (non-hydrogen) atoms. The normalized spacial score (nSPS) is 11.4. The Morgan fingerprint density at radius 1 is 1.45 bits per heavy atom. The third kappa shape index (κ3) is 4.59. The first-order valence-electron chi connectivity index (χ1n) is 4.17. The average molecular weight is 155 g/mol. The molecule has 0 aliphatic heterocycles. The van der Waals surface area contributed by atoms with Crippen molar-refractivity contribution in [1.29, 1.82) is 0 Å². The van der Waals surface area contributed by atoms with Gasteiger partial charge in [-0.1, -0.05) is 19.9 Å². The monoisotopic (exact) mass is 155 g/mol. The molecule has 0 aromatic rings. The molecule has 0 spiro atoms. The maximum atomic E-state index is 11.1. The first-order chi connectivity index (χ1) is 5.22. The van der Waals surface area contributed by atoms with Crippen molar-refractivity contribution < 1.29 is 4.79 Å². The fourth-order valence-corrected chi connectivity index (χ4v) is 0.777. The van der Waals surface area contributed by atoms with E-state index in [9.17, 15) is 4.79 Å². The van der Waals surface area contributed by atoms with Gasteiger partial charge < -0.3 is 5.32 Å². The number of carbonyl (C=O) groups is 1. The predicted octanol–water partition coefficient (Wildman–Crippen LogP) is 1.87. The van der Waals surface area contributed by atoms with E-state index in [-0.39, 0.29) is 5.91 Å². The number of rotatable bonds is 4. The van der Waals surface area contributed by atoms with Crippen LogP contribution < -0.4 is 5.32 Å². The van der Waals surface area contributed by atoms with E-state index in [1.807, 2.05) is 26.8 Å². The van der Waals surface area contributed by atoms with Crippen molar-refractivity contribution in [2.75, 3.05) is 6.54 Å². The third-order valence-electron chi connectivity index (χ3n) is 1.40. The zero-order chi connectivity index (χ0) is 8.69. The van der Waals surface area contributed by atoms with E-state index in [1.54, 1.807) is 0 Å². The van der Waals surface area contributed by atoms with Gasteiger partial charge in [0.1, 0.15) is 0 Å². The number of allylic oxidation sites excluding steroid dienone is 1. The van der Waals surface area contributed by atoms with Gasteiger partial charge in [0.25, 0.3) is 0 Å². The minimum absolute atomic E-state index is 0.0636. The van der Waals surface area contributed by atoms with Crippen molar-refractivity contribution in [3.05, 3.63) is 11.6 Å². The first kappa shape index (κ1) is 10.2. The van der Waals surface area contributed by atoms with Crippen LogP contribution in [0.4, 0.5) is 0 Å². The van der Waals surface area contributed by atoms with Crippen molar-refractivity contribution in [2.24, 2.45) is 0 Å². The van der Waals surface area contributed by atoms with Crippen molar-refractivity contribution in [2.45, 2.75) is 33.6 Å². The van der Waals surface area contributed by atoms with E-state index in [4.69, 9.17) is 0 Å². The Morgan fingerprint density at radius 2 is 2.09 bits per heavy atom. The lowest BCUT2D eigenvalue weighted by Crippen LogP contribution is -2.24. The zero-order valence-electron chi connectivity index (χ0n) is 7.61. The quantitative estimate of drug-likeness (QED) is 0.617. The molecule has 0 unspecified atom stereocenters. The molecule has 0 saturated carbocycles. The Morgan fingerprint density at radius 3 is 2.55 bits per heavy atom. The Labute approximate surface area is 68.7 Å². The van der Waals surface area contributed by atoms with Crippen LogP contribution in [0.1, 0.15) is 33.6 Å². The first-order valence-corrected chi connectivity index (χ1v) is 4.17. The highest BCUT2D eigenvalue weighted by molar-refractivity contribution is 5.92. The molecule has 0 aromatic heterocycles. The van der Waals surface area contributed by atoms with Gasteiger partial charge in [0, 0.05) is 12.1 Å². The van der Waals surface area contributed by atoms with Crippen LogP contribution in [0.15, 0.2) is 11.6 Å². The molecule has 0 fully saturated rings. The molecule has 0 aliphatic rings. The van der Waals surface area contributed by atoms with E-state index in [0.29, 0.717) is 0 Å². The lowest BCUT2D eigenvalue weighted by atomic mass is 10.2. The molecule has 0 bridgehead atoms. The summed E-state index contributed by atoms with van der Waals surface area (Å²) in [6.07, 6.45) is 3.85. The van der Waals surface area contributed by atoms with E-state index in [1.165, 1.54) is 0 Å². The van der Waals surface area contributed by atoms with E-state index < -0.39 is 0 Å². The molecule has 0 saturated heterocycles. The molecular weight excluding hydrogens is 138 g/mol. The van der Waals surface area contributed by atoms with Gasteiger partial charge in [-0.05, 0) is 19.8 Å². The Bertz CT molecular complexity index is 150. The molecule has 2 nitrogen and oxygen atoms in total. The molecule has 1 N–H and O–H groups in total. The summed E-state index contributed by atoms with van der Waals surface area (Å²) in [6, 6.07) is 0. The number of nitrogens with one attached hydrogen (secondary N) is 1. The van der Waals surface area contributed by atoms with Crippen LogP contribution >= 0.6 is 0 Å². The van der Waals surface area contributed by atoms with Gasteiger partial charge in [-0.3, -0.25) is 4.79 Å². The highest BCUT2D eigenvalue weighted by Crippen LogP contribution is 1.94. The minimum Gasteiger partial charge on any atom is -0.352 e. The summed E-state index contributed by atoms with van der Waals surface area (Å²) in [5.74, 6) is 0.0636. The van der Waals surface area contributed by atoms with Gasteiger partial charge in [-0.2, -0.15) is 0 Å². The second-order valence-electron chi connectivity index (χ2n) is 2.55. The number of carbonyl (C=O) groups excluding carboxylic acids is 1. The molecule has 64 valence electrons. The lowest BCUT2D eigenvalue weighted by Gasteiger charge is -2.01. The van der Waals surface area contributed by atoms with Crippen molar-refractivity contribution >= 4 is 5.91 Å². The molecule has 0 heterocycles. The largest absolute Gasteiger partial charge is 0.352 e. The van der Waals surface area contributed by atoms with Crippen LogP contribution in [0.5, 0.6) is 0 Å². The molecule has 1 amide bonds. The molecule has 0 rings (SSSR count). The smallest absolute Gasteiger partial charge is 0.246 e. The second kappa shape index (κ2) is 5.96. The van der Waals surface area contributed by atoms with E-state index >= 15 is 0 Å². The maximum absolute atomic E-state index is 11.1. The Kier molecular flexibility index (Phi) is 5.53.